The standard InChI is InChI=1S/C17H24NO2.Zn/c1-13-6-5-7-15(12-13)14-8-10-18(11-9-14)16(19)20-17(2,3)4;/h5-7,12,14H,1,8-11H2,2-4H3;/q-1;+2. The fourth-order valence-electron chi connectivity index (χ4n) is 2.57. The van der Waals surface area contributed by atoms with Gasteiger partial charge in [0.25, 0.3) is 0 Å². The molecule has 1 amide bonds. The van der Waals surface area contributed by atoms with Crippen LogP contribution in [0.3, 0.4) is 0 Å². The third-order valence-electron chi connectivity index (χ3n) is 3.57. The number of hydrogen-bond donors (Lipinski definition) is 0. The average Bonchev–Trinajstić information content (AvgIpc) is 2.37. The minimum Gasteiger partial charge on any atom is -0.444 e. The summed E-state index contributed by atoms with van der Waals surface area (Å²) in [6, 6.07) is 8.37. The molecule has 1 aromatic carbocycles. The van der Waals surface area contributed by atoms with Crippen molar-refractivity contribution in [2.45, 2.75) is 45.1 Å². The zero-order chi connectivity index (χ0) is 14.8. The van der Waals surface area contributed by atoms with Gasteiger partial charge in [-0.3, -0.25) is 0 Å². The van der Waals surface area contributed by atoms with E-state index in [0.717, 1.165) is 31.5 Å². The topological polar surface area (TPSA) is 29.5 Å². The van der Waals surface area contributed by atoms with Gasteiger partial charge in [0.1, 0.15) is 5.60 Å². The van der Waals surface area contributed by atoms with Gasteiger partial charge in [-0.15, -0.1) is 11.6 Å². The summed E-state index contributed by atoms with van der Waals surface area (Å²) >= 11 is 0. The number of carbonyl (C=O) groups excluding carboxylic acids is 1. The van der Waals surface area contributed by atoms with E-state index < -0.39 is 5.60 Å². The summed E-state index contributed by atoms with van der Waals surface area (Å²) < 4.78 is 5.41. The maximum atomic E-state index is 12.0. The van der Waals surface area contributed by atoms with Gasteiger partial charge in [0, 0.05) is 13.1 Å². The third-order valence-corrected chi connectivity index (χ3v) is 3.57. The maximum absolute atomic E-state index is 12.0. The number of nitrogens with zero attached hydrogens (tertiary/aromatic N) is 1. The van der Waals surface area contributed by atoms with E-state index in [1.54, 1.807) is 0 Å². The first-order valence-electron chi connectivity index (χ1n) is 7.25. The smallest absolute Gasteiger partial charge is 0.444 e. The van der Waals surface area contributed by atoms with E-state index in [4.69, 9.17) is 4.74 Å². The molecule has 2 rings (SSSR count). The summed E-state index contributed by atoms with van der Waals surface area (Å²) in [6.07, 6.45) is 1.78. The summed E-state index contributed by atoms with van der Waals surface area (Å²) in [7, 11) is 0. The molecule has 3 nitrogen and oxygen atoms in total. The molecule has 0 spiro atoms. The van der Waals surface area contributed by atoms with Crippen molar-refractivity contribution in [1.82, 2.24) is 4.90 Å². The van der Waals surface area contributed by atoms with Crippen LogP contribution in [-0.2, 0) is 24.2 Å². The first-order valence-corrected chi connectivity index (χ1v) is 7.25. The zero-order valence-electron chi connectivity index (χ0n) is 13.4. The molecule has 110 valence electrons. The molecule has 4 heteroatoms. The van der Waals surface area contributed by atoms with Crippen LogP contribution < -0.4 is 0 Å². The Morgan fingerprint density at radius 3 is 2.43 bits per heavy atom. The number of likely N-dealkylation sites (tertiary alicyclic amines) is 1. The number of piperidine rings is 1. The Labute approximate surface area is 140 Å². The molecule has 0 atom stereocenters. The molecule has 0 saturated carbocycles. The van der Waals surface area contributed by atoms with Crippen molar-refractivity contribution >= 4 is 6.09 Å². The molecule has 0 aromatic heterocycles. The van der Waals surface area contributed by atoms with Gasteiger partial charge in [-0.2, -0.15) is 24.6 Å². The normalized spacial score (nSPS) is 16.2. The van der Waals surface area contributed by atoms with E-state index in [2.05, 4.69) is 25.1 Å². The quantitative estimate of drug-likeness (QED) is 0.572. The fourth-order valence-corrected chi connectivity index (χ4v) is 2.57. The fraction of sp³-hybridized carbons (Fsp3) is 0.529. The van der Waals surface area contributed by atoms with Gasteiger partial charge in [-0.1, -0.05) is 6.07 Å². The van der Waals surface area contributed by atoms with Gasteiger partial charge in [0.15, 0.2) is 0 Å². The Morgan fingerprint density at radius 1 is 1.29 bits per heavy atom. The molecule has 1 fully saturated rings. The Bertz CT molecular complexity index is 474. The van der Waals surface area contributed by atoms with Crippen LogP contribution in [0.1, 0.15) is 50.7 Å². The molecule has 1 aliphatic heterocycles. The minimum absolute atomic E-state index is 0. The van der Waals surface area contributed by atoms with Crippen LogP contribution in [0, 0.1) is 6.92 Å². The molecular weight excluding hydrogens is 316 g/mol. The molecule has 0 N–H and O–H groups in total. The predicted molar refractivity (Wildman–Crippen MR) is 80.7 cm³/mol. The van der Waals surface area contributed by atoms with Crippen LogP contribution >= 0.6 is 0 Å². The van der Waals surface area contributed by atoms with Crippen molar-refractivity contribution in [2.24, 2.45) is 0 Å². The van der Waals surface area contributed by atoms with Crippen molar-refractivity contribution in [3.05, 3.63) is 42.3 Å². The number of hydrogen-bond acceptors (Lipinski definition) is 2. The Balaban J connectivity index is 0.00000220. The van der Waals surface area contributed by atoms with Crippen LogP contribution in [0.25, 0.3) is 0 Å². The Morgan fingerprint density at radius 2 is 1.90 bits per heavy atom. The molecule has 0 aliphatic carbocycles. The summed E-state index contributed by atoms with van der Waals surface area (Å²) in [5.41, 5.74) is 1.97. The van der Waals surface area contributed by atoms with E-state index in [1.807, 2.05) is 31.7 Å². The molecule has 1 heterocycles. The predicted octanol–water partition coefficient (Wildman–Crippen LogP) is 3.98. The average molecular weight is 340 g/mol. The van der Waals surface area contributed by atoms with E-state index in [9.17, 15) is 4.79 Å². The first-order chi connectivity index (χ1) is 9.35. The summed E-state index contributed by atoms with van der Waals surface area (Å²) in [5, 5.41) is 0. The van der Waals surface area contributed by atoms with Gasteiger partial charge in [-0.25, -0.2) is 4.79 Å². The minimum atomic E-state index is -0.420. The second-order valence-corrected chi connectivity index (χ2v) is 6.49. The van der Waals surface area contributed by atoms with E-state index in [0.29, 0.717) is 5.92 Å². The monoisotopic (exact) mass is 338 g/mol. The summed E-state index contributed by atoms with van der Waals surface area (Å²) in [4.78, 5) is 13.8. The molecule has 21 heavy (non-hydrogen) atoms. The summed E-state index contributed by atoms with van der Waals surface area (Å²) in [5.74, 6) is 0.524. The largest absolute Gasteiger partial charge is 2.00 e. The number of rotatable bonds is 1. The molecule has 1 saturated heterocycles. The van der Waals surface area contributed by atoms with Gasteiger partial charge in [0.2, 0.25) is 0 Å². The SMILES string of the molecule is [CH2-]c1cccc(C2CCN(C(=O)OC(C)(C)C)CC2)c1.[Zn+2]. The van der Waals surface area contributed by atoms with Crippen LogP contribution in [0.4, 0.5) is 4.79 Å². The van der Waals surface area contributed by atoms with Gasteiger partial charge >= 0.3 is 25.6 Å². The van der Waals surface area contributed by atoms with Crippen LogP contribution in [0.5, 0.6) is 0 Å². The Hall–Kier alpha value is -1.02. The summed E-state index contributed by atoms with van der Waals surface area (Å²) in [6.45, 7) is 11.2. The number of amides is 1. The van der Waals surface area contributed by atoms with Crippen molar-refractivity contribution in [3.63, 3.8) is 0 Å². The van der Waals surface area contributed by atoms with E-state index >= 15 is 0 Å². The second-order valence-electron chi connectivity index (χ2n) is 6.49. The second kappa shape index (κ2) is 7.31. The Kier molecular flexibility index (Phi) is 6.28. The molecule has 0 unspecified atom stereocenters. The number of carbonyl (C=O) groups is 1. The number of benzene rings is 1. The van der Waals surface area contributed by atoms with Crippen LogP contribution in [-0.4, -0.2) is 29.7 Å². The van der Waals surface area contributed by atoms with Gasteiger partial charge in [0.05, 0.1) is 0 Å². The van der Waals surface area contributed by atoms with Crippen molar-refractivity contribution in [3.8, 4) is 0 Å². The van der Waals surface area contributed by atoms with Crippen LogP contribution in [0.2, 0.25) is 0 Å². The maximum Gasteiger partial charge on any atom is 2.00 e. The number of ether oxygens (including phenoxy) is 1. The zero-order valence-corrected chi connectivity index (χ0v) is 16.4. The molecular formula is C17H24NO2Zn+. The molecule has 0 radical (unpaired) electrons. The van der Waals surface area contributed by atoms with E-state index in [-0.39, 0.29) is 25.6 Å². The van der Waals surface area contributed by atoms with Gasteiger partial charge in [-0.05, 0) is 39.5 Å². The molecule has 0 bridgehead atoms. The van der Waals surface area contributed by atoms with Crippen molar-refractivity contribution < 1.29 is 29.0 Å². The van der Waals surface area contributed by atoms with Crippen LogP contribution in [0.15, 0.2) is 24.3 Å². The third kappa shape index (κ3) is 5.35. The van der Waals surface area contributed by atoms with E-state index in [1.165, 1.54) is 5.56 Å². The molecule has 1 aliphatic rings. The molecule has 1 aromatic rings. The van der Waals surface area contributed by atoms with Crippen molar-refractivity contribution in [2.75, 3.05) is 13.1 Å². The van der Waals surface area contributed by atoms with Gasteiger partial charge < -0.3 is 9.64 Å². The van der Waals surface area contributed by atoms with Crippen molar-refractivity contribution in [1.29, 1.82) is 0 Å². The first kappa shape index (κ1) is 18.0.